The summed E-state index contributed by atoms with van der Waals surface area (Å²) in [6.07, 6.45) is 0.646. The van der Waals surface area contributed by atoms with Gasteiger partial charge in [-0.3, -0.25) is 4.79 Å². The predicted octanol–water partition coefficient (Wildman–Crippen LogP) is 2.58. The lowest BCUT2D eigenvalue weighted by atomic mass is 10.1. The molecule has 7 heteroatoms. The number of fused-ring (bicyclic) bond motifs is 1. The van der Waals surface area contributed by atoms with Crippen molar-refractivity contribution < 1.29 is 23.8 Å². The SMILES string of the molecule is O=C(COC(=O)c1ccccc1I)NCCc1ccc2c(c1)OCCO2. The maximum atomic E-state index is 12.0. The molecule has 0 aromatic heterocycles. The van der Waals surface area contributed by atoms with E-state index in [9.17, 15) is 9.59 Å². The molecule has 0 saturated carbocycles. The number of nitrogens with one attached hydrogen (secondary N) is 1. The van der Waals surface area contributed by atoms with Crippen LogP contribution in [0.3, 0.4) is 0 Å². The topological polar surface area (TPSA) is 73.9 Å². The number of benzene rings is 2. The average Bonchev–Trinajstić information content (AvgIpc) is 2.66. The first kappa shape index (κ1) is 18.5. The third kappa shape index (κ3) is 4.87. The molecule has 1 amide bonds. The third-order valence-corrected chi connectivity index (χ3v) is 4.71. The Labute approximate surface area is 165 Å². The highest BCUT2D eigenvalue weighted by Gasteiger charge is 2.13. The molecular formula is C19H18INO5. The predicted molar refractivity (Wildman–Crippen MR) is 104 cm³/mol. The zero-order chi connectivity index (χ0) is 18.4. The van der Waals surface area contributed by atoms with Gasteiger partial charge in [0.05, 0.1) is 5.56 Å². The van der Waals surface area contributed by atoms with Gasteiger partial charge in [0, 0.05) is 10.1 Å². The molecule has 0 radical (unpaired) electrons. The van der Waals surface area contributed by atoms with Gasteiger partial charge in [0.25, 0.3) is 5.91 Å². The second-order valence-electron chi connectivity index (χ2n) is 5.63. The number of amides is 1. The van der Waals surface area contributed by atoms with Crippen LogP contribution in [-0.4, -0.2) is 38.2 Å². The fourth-order valence-corrected chi connectivity index (χ4v) is 3.08. The Balaban J connectivity index is 1.42. The first-order chi connectivity index (χ1) is 12.6. The molecule has 2 aromatic carbocycles. The van der Waals surface area contributed by atoms with Gasteiger partial charge in [-0.2, -0.15) is 0 Å². The summed E-state index contributed by atoms with van der Waals surface area (Å²) in [5.74, 6) is 0.636. The van der Waals surface area contributed by atoms with Crippen molar-refractivity contribution in [2.45, 2.75) is 6.42 Å². The number of carbonyl (C=O) groups excluding carboxylic acids is 2. The molecule has 0 unspecified atom stereocenters. The van der Waals surface area contributed by atoms with Crippen molar-refractivity contribution in [1.82, 2.24) is 5.32 Å². The normalized spacial score (nSPS) is 12.3. The highest BCUT2D eigenvalue weighted by atomic mass is 127. The smallest absolute Gasteiger partial charge is 0.339 e. The Morgan fingerprint density at radius 1 is 1.08 bits per heavy atom. The average molecular weight is 467 g/mol. The Bertz CT molecular complexity index is 808. The zero-order valence-corrected chi connectivity index (χ0v) is 16.2. The van der Waals surface area contributed by atoms with Crippen molar-refractivity contribution in [3.05, 3.63) is 57.2 Å². The summed E-state index contributed by atoms with van der Waals surface area (Å²) in [7, 11) is 0. The van der Waals surface area contributed by atoms with Gasteiger partial charge < -0.3 is 19.5 Å². The zero-order valence-electron chi connectivity index (χ0n) is 14.0. The van der Waals surface area contributed by atoms with E-state index >= 15 is 0 Å². The van der Waals surface area contributed by atoms with Crippen molar-refractivity contribution >= 4 is 34.5 Å². The maximum Gasteiger partial charge on any atom is 0.339 e. The van der Waals surface area contributed by atoms with E-state index in [0.717, 1.165) is 20.6 Å². The van der Waals surface area contributed by atoms with Crippen molar-refractivity contribution in [3.8, 4) is 11.5 Å². The van der Waals surface area contributed by atoms with Crippen LogP contribution in [0.2, 0.25) is 0 Å². The summed E-state index contributed by atoms with van der Waals surface area (Å²) in [5.41, 5.74) is 1.49. The highest BCUT2D eigenvalue weighted by molar-refractivity contribution is 14.1. The molecule has 3 rings (SSSR count). The summed E-state index contributed by atoms with van der Waals surface area (Å²) in [6.45, 7) is 1.24. The van der Waals surface area contributed by atoms with Crippen LogP contribution in [0.1, 0.15) is 15.9 Å². The Morgan fingerprint density at radius 3 is 2.65 bits per heavy atom. The number of hydrogen-bond acceptors (Lipinski definition) is 5. The second-order valence-corrected chi connectivity index (χ2v) is 6.80. The quantitative estimate of drug-likeness (QED) is 0.523. The number of hydrogen-bond donors (Lipinski definition) is 1. The van der Waals surface area contributed by atoms with Crippen molar-refractivity contribution in [2.24, 2.45) is 0 Å². The minimum atomic E-state index is -0.503. The Hall–Kier alpha value is -2.29. The molecule has 0 fully saturated rings. The number of carbonyl (C=O) groups is 2. The van der Waals surface area contributed by atoms with Gasteiger partial charge in [-0.25, -0.2) is 4.79 Å². The van der Waals surface area contributed by atoms with Gasteiger partial charge in [0.15, 0.2) is 18.1 Å². The lowest BCUT2D eigenvalue weighted by molar-refractivity contribution is -0.124. The number of esters is 1. The second kappa shape index (κ2) is 8.88. The van der Waals surface area contributed by atoms with Crippen LogP contribution in [0.5, 0.6) is 11.5 Å². The van der Waals surface area contributed by atoms with Crippen LogP contribution in [0.25, 0.3) is 0 Å². The molecule has 0 bridgehead atoms. The molecule has 1 heterocycles. The fraction of sp³-hybridized carbons (Fsp3) is 0.263. The van der Waals surface area contributed by atoms with Crippen LogP contribution < -0.4 is 14.8 Å². The largest absolute Gasteiger partial charge is 0.486 e. The highest BCUT2D eigenvalue weighted by Crippen LogP contribution is 2.30. The van der Waals surface area contributed by atoms with E-state index in [-0.39, 0.29) is 12.5 Å². The van der Waals surface area contributed by atoms with Gasteiger partial charge in [0.2, 0.25) is 0 Å². The Kier molecular flexibility index (Phi) is 6.32. The molecule has 136 valence electrons. The van der Waals surface area contributed by atoms with E-state index in [2.05, 4.69) is 27.9 Å². The van der Waals surface area contributed by atoms with Gasteiger partial charge in [-0.05, 0) is 58.8 Å². The lowest BCUT2D eigenvalue weighted by Crippen LogP contribution is -2.30. The van der Waals surface area contributed by atoms with Crippen LogP contribution in [-0.2, 0) is 16.0 Å². The summed E-state index contributed by atoms with van der Waals surface area (Å²) in [4.78, 5) is 23.8. The van der Waals surface area contributed by atoms with Crippen LogP contribution in [0, 0.1) is 3.57 Å². The standard InChI is InChI=1S/C19H18INO5/c20-15-4-2-1-3-14(15)19(23)26-12-18(22)21-8-7-13-5-6-16-17(11-13)25-10-9-24-16/h1-6,11H,7-10,12H2,(H,21,22). The van der Waals surface area contributed by atoms with Crippen molar-refractivity contribution in [2.75, 3.05) is 26.4 Å². The molecule has 2 aromatic rings. The summed E-state index contributed by atoms with van der Waals surface area (Å²) in [6, 6.07) is 12.8. The molecule has 1 aliphatic heterocycles. The van der Waals surface area contributed by atoms with Crippen LogP contribution >= 0.6 is 22.6 Å². The number of halogens is 1. The molecule has 0 atom stereocenters. The molecule has 6 nitrogen and oxygen atoms in total. The number of ether oxygens (including phenoxy) is 3. The van der Waals surface area contributed by atoms with Crippen molar-refractivity contribution in [3.63, 3.8) is 0 Å². The Morgan fingerprint density at radius 2 is 1.85 bits per heavy atom. The minimum absolute atomic E-state index is 0.301. The summed E-state index contributed by atoms with van der Waals surface area (Å²) < 4.78 is 16.9. The van der Waals surface area contributed by atoms with E-state index in [1.165, 1.54) is 0 Å². The van der Waals surface area contributed by atoms with Crippen LogP contribution in [0.15, 0.2) is 42.5 Å². The van der Waals surface area contributed by atoms with Gasteiger partial charge in [0.1, 0.15) is 13.2 Å². The molecule has 0 spiro atoms. The minimum Gasteiger partial charge on any atom is -0.486 e. The lowest BCUT2D eigenvalue weighted by Gasteiger charge is -2.18. The van der Waals surface area contributed by atoms with E-state index in [4.69, 9.17) is 14.2 Å². The fourth-order valence-electron chi connectivity index (χ4n) is 2.48. The first-order valence-electron chi connectivity index (χ1n) is 8.20. The van der Waals surface area contributed by atoms with Gasteiger partial charge >= 0.3 is 5.97 Å². The molecule has 0 saturated heterocycles. The van der Waals surface area contributed by atoms with Gasteiger partial charge in [-0.1, -0.05) is 18.2 Å². The summed E-state index contributed by atoms with van der Waals surface area (Å²) >= 11 is 2.06. The molecule has 26 heavy (non-hydrogen) atoms. The van der Waals surface area contributed by atoms with E-state index < -0.39 is 5.97 Å². The molecule has 1 aliphatic rings. The third-order valence-electron chi connectivity index (χ3n) is 3.77. The summed E-state index contributed by atoms with van der Waals surface area (Å²) in [5, 5.41) is 2.74. The van der Waals surface area contributed by atoms with Crippen LogP contribution in [0.4, 0.5) is 0 Å². The van der Waals surface area contributed by atoms with E-state index in [0.29, 0.717) is 31.7 Å². The van der Waals surface area contributed by atoms with Gasteiger partial charge in [-0.15, -0.1) is 0 Å². The molecule has 1 N–H and O–H groups in total. The molecule has 0 aliphatic carbocycles. The number of rotatable bonds is 6. The first-order valence-corrected chi connectivity index (χ1v) is 9.28. The monoisotopic (exact) mass is 467 g/mol. The maximum absolute atomic E-state index is 12.0. The van der Waals surface area contributed by atoms with E-state index in [1.807, 2.05) is 30.3 Å². The van der Waals surface area contributed by atoms with Crippen molar-refractivity contribution in [1.29, 1.82) is 0 Å². The van der Waals surface area contributed by atoms with E-state index in [1.54, 1.807) is 12.1 Å². The molecular weight excluding hydrogens is 449 g/mol.